The second kappa shape index (κ2) is 11.8. The molecule has 0 radical (unpaired) electrons. The van der Waals surface area contributed by atoms with E-state index >= 15 is 0 Å². The molecular formula is C33H44N4OS. The zero-order chi connectivity index (χ0) is 27.7. The van der Waals surface area contributed by atoms with E-state index in [1.165, 1.54) is 42.5 Å². The highest BCUT2D eigenvalue weighted by Gasteiger charge is 2.43. The smallest absolute Gasteiger partial charge is 0.171 e. The number of rotatable bonds is 8. The summed E-state index contributed by atoms with van der Waals surface area (Å²) in [7, 11) is 1.72. The minimum atomic E-state index is 0.0388. The highest BCUT2D eigenvalue weighted by Crippen LogP contribution is 2.43. The van der Waals surface area contributed by atoms with Crippen molar-refractivity contribution in [3.63, 3.8) is 0 Å². The molecule has 6 heteroatoms. The van der Waals surface area contributed by atoms with Crippen LogP contribution in [0.2, 0.25) is 0 Å². The molecule has 6 rings (SSSR count). The standard InChI is InChI=1S/C33H44N4OS/c1-7-22-19-37-16-14-23(22)17-30(37)32(27-13-15-34-29-12-11-24(38-6)18-28(27)29)36-33(39)35-31-25(20(2)3)9-8-10-26(31)21(4)5/h8-13,15,18,20-23,30,32H,7,14,16-17,19H2,1-6H3,(H2,35,36,39)/t22-,23-,30?,32-/m0/s1. The number of hydrogen-bond donors (Lipinski definition) is 2. The number of para-hydroxylation sites is 1. The SMILES string of the molecule is CC[C@H]1CN2CC[C@H]1CC2[C@@H](NC(=S)Nc1c(C(C)C)cccc1C(C)C)c1ccnc2ccc(OC)cc12. The van der Waals surface area contributed by atoms with Gasteiger partial charge in [0.15, 0.2) is 5.11 Å². The van der Waals surface area contributed by atoms with E-state index in [1.807, 2.05) is 12.3 Å². The van der Waals surface area contributed by atoms with Gasteiger partial charge in [0.25, 0.3) is 0 Å². The van der Waals surface area contributed by atoms with Crippen molar-refractivity contribution in [1.29, 1.82) is 0 Å². The number of nitrogens with zero attached hydrogens (tertiary/aromatic N) is 2. The summed E-state index contributed by atoms with van der Waals surface area (Å²) >= 11 is 6.10. The first-order valence-corrected chi connectivity index (χ1v) is 15.1. The van der Waals surface area contributed by atoms with Gasteiger partial charge in [-0.15, -0.1) is 0 Å². The van der Waals surface area contributed by atoms with E-state index in [0.29, 0.717) is 23.0 Å². The van der Waals surface area contributed by atoms with Crippen LogP contribution in [-0.2, 0) is 0 Å². The van der Waals surface area contributed by atoms with Crippen molar-refractivity contribution in [3.8, 4) is 5.75 Å². The van der Waals surface area contributed by atoms with Crippen LogP contribution in [0.5, 0.6) is 5.75 Å². The van der Waals surface area contributed by atoms with Crippen molar-refractivity contribution < 1.29 is 4.74 Å². The van der Waals surface area contributed by atoms with E-state index in [9.17, 15) is 0 Å². The summed E-state index contributed by atoms with van der Waals surface area (Å²) in [4.78, 5) is 7.39. The summed E-state index contributed by atoms with van der Waals surface area (Å²) in [5.74, 6) is 3.20. The minimum Gasteiger partial charge on any atom is -0.497 e. The van der Waals surface area contributed by atoms with Gasteiger partial charge in [0, 0.05) is 29.9 Å². The molecule has 2 N–H and O–H groups in total. The minimum absolute atomic E-state index is 0.0388. The van der Waals surface area contributed by atoms with Crippen LogP contribution in [0, 0.1) is 11.8 Å². The largest absolute Gasteiger partial charge is 0.497 e. The molecule has 0 saturated carbocycles. The zero-order valence-electron chi connectivity index (χ0n) is 24.3. The van der Waals surface area contributed by atoms with E-state index in [1.54, 1.807) is 7.11 Å². The van der Waals surface area contributed by atoms with Gasteiger partial charge in [0.05, 0.1) is 18.7 Å². The molecular weight excluding hydrogens is 500 g/mol. The van der Waals surface area contributed by atoms with Gasteiger partial charge in [-0.1, -0.05) is 59.2 Å². The van der Waals surface area contributed by atoms with Crippen molar-refractivity contribution in [2.45, 2.75) is 77.8 Å². The third-order valence-electron chi connectivity index (χ3n) is 9.06. The van der Waals surface area contributed by atoms with Crippen molar-refractivity contribution >= 4 is 33.9 Å². The van der Waals surface area contributed by atoms with E-state index in [0.717, 1.165) is 40.7 Å². The van der Waals surface area contributed by atoms with Gasteiger partial charge in [-0.25, -0.2) is 0 Å². The number of aromatic nitrogens is 1. The number of anilines is 1. The summed E-state index contributed by atoms with van der Waals surface area (Å²) in [5.41, 5.74) is 5.96. The molecule has 3 aromatic rings. The topological polar surface area (TPSA) is 49.4 Å². The van der Waals surface area contributed by atoms with Crippen LogP contribution in [0.3, 0.4) is 0 Å². The van der Waals surface area contributed by atoms with E-state index in [-0.39, 0.29) is 6.04 Å². The summed E-state index contributed by atoms with van der Waals surface area (Å²) in [6.45, 7) is 13.7. The van der Waals surface area contributed by atoms with Gasteiger partial charge >= 0.3 is 0 Å². The maximum absolute atomic E-state index is 6.10. The van der Waals surface area contributed by atoms with Crippen LogP contribution in [0.1, 0.15) is 88.4 Å². The van der Waals surface area contributed by atoms with Crippen LogP contribution in [0.4, 0.5) is 5.69 Å². The second-order valence-corrected chi connectivity index (χ2v) is 12.4. The average molecular weight is 545 g/mol. The molecule has 0 amide bonds. The average Bonchev–Trinajstić information content (AvgIpc) is 2.95. The van der Waals surface area contributed by atoms with Crippen LogP contribution >= 0.6 is 12.2 Å². The first-order valence-electron chi connectivity index (χ1n) is 14.7. The Morgan fingerprint density at radius 3 is 2.44 bits per heavy atom. The fourth-order valence-electron chi connectivity index (χ4n) is 6.90. The first-order chi connectivity index (χ1) is 18.8. The lowest BCUT2D eigenvalue weighted by molar-refractivity contribution is -0.0132. The van der Waals surface area contributed by atoms with Gasteiger partial charge in [0.1, 0.15) is 5.75 Å². The zero-order valence-corrected chi connectivity index (χ0v) is 25.1. The molecule has 208 valence electrons. The maximum atomic E-state index is 6.10. The fraction of sp³-hybridized carbons (Fsp3) is 0.515. The second-order valence-electron chi connectivity index (χ2n) is 12.0. The Morgan fingerprint density at radius 2 is 1.82 bits per heavy atom. The molecule has 4 heterocycles. The lowest BCUT2D eigenvalue weighted by atomic mass is 9.72. The molecule has 2 aromatic carbocycles. The number of benzene rings is 2. The van der Waals surface area contributed by atoms with Crippen LogP contribution in [0.15, 0.2) is 48.7 Å². The highest BCUT2D eigenvalue weighted by molar-refractivity contribution is 7.80. The summed E-state index contributed by atoms with van der Waals surface area (Å²) in [6.07, 6.45) is 5.68. The molecule has 3 fully saturated rings. The van der Waals surface area contributed by atoms with Crippen molar-refractivity contribution in [2.75, 3.05) is 25.5 Å². The predicted octanol–water partition coefficient (Wildman–Crippen LogP) is 7.64. The van der Waals surface area contributed by atoms with Crippen LogP contribution < -0.4 is 15.4 Å². The number of pyridine rings is 1. The van der Waals surface area contributed by atoms with Gasteiger partial charge < -0.3 is 15.4 Å². The third-order valence-corrected chi connectivity index (χ3v) is 9.28. The van der Waals surface area contributed by atoms with Gasteiger partial charge in [-0.3, -0.25) is 9.88 Å². The summed E-state index contributed by atoms with van der Waals surface area (Å²) in [6, 6.07) is 15.4. The van der Waals surface area contributed by atoms with E-state index in [4.69, 9.17) is 17.0 Å². The number of fused-ring (bicyclic) bond motifs is 4. The summed E-state index contributed by atoms with van der Waals surface area (Å²) in [5, 5.41) is 9.32. The van der Waals surface area contributed by atoms with E-state index in [2.05, 4.69) is 91.5 Å². The Kier molecular flexibility index (Phi) is 8.43. The van der Waals surface area contributed by atoms with Crippen LogP contribution in [-0.4, -0.2) is 41.2 Å². The van der Waals surface area contributed by atoms with E-state index < -0.39 is 0 Å². The number of nitrogens with one attached hydrogen (secondary N) is 2. The molecule has 5 atom stereocenters. The number of thiocarbonyl (C=S) groups is 1. The molecule has 2 unspecified atom stereocenters. The summed E-state index contributed by atoms with van der Waals surface area (Å²) < 4.78 is 5.61. The molecule has 5 nitrogen and oxygen atoms in total. The van der Waals surface area contributed by atoms with Crippen molar-refractivity contribution in [2.24, 2.45) is 11.8 Å². The normalized spacial score (nSPS) is 23.3. The van der Waals surface area contributed by atoms with Crippen LogP contribution in [0.25, 0.3) is 10.9 Å². The first kappa shape index (κ1) is 27.9. The quantitative estimate of drug-likeness (QED) is 0.284. The Balaban J connectivity index is 1.53. The number of methoxy groups -OCH3 is 1. The van der Waals surface area contributed by atoms with Gasteiger partial charge in [-0.05, 0) is 96.2 Å². The lowest BCUT2D eigenvalue weighted by Crippen LogP contribution is -2.58. The Hall–Kier alpha value is -2.70. The Morgan fingerprint density at radius 1 is 1.08 bits per heavy atom. The molecule has 39 heavy (non-hydrogen) atoms. The molecule has 0 spiro atoms. The molecule has 0 aliphatic carbocycles. The fourth-order valence-corrected chi connectivity index (χ4v) is 7.13. The molecule has 3 saturated heterocycles. The van der Waals surface area contributed by atoms with Crippen molar-refractivity contribution in [1.82, 2.24) is 15.2 Å². The van der Waals surface area contributed by atoms with Crippen molar-refractivity contribution in [3.05, 3.63) is 65.4 Å². The maximum Gasteiger partial charge on any atom is 0.171 e. The monoisotopic (exact) mass is 544 g/mol. The highest BCUT2D eigenvalue weighted by atomic mass is 32.1. The number of hydrogen-bond acceptors (Lipinski definition) is 4. The molecule has 1 aromatic heterocycles. The lowest BCUT2D eigenvalue weighted by Gasteiger charge is -2.52. The van der Waals surface area contributed by atoms with Gasteiger partial charge in [0.2, 0.25) is 0 Å². The molecule has 2 bridgehead atoms. The van der Waals surface area contributed by atoms with Gasteiger partial charge in [-0.2, -0.15) is 0 Å². The number of ether oxygens (including phenoxy) is 1. The Labute approximate surface area is 239 Å². The number of piperidine rings is 3. The third kappa shape index (κ3) is 5.64. The predicted molar refractivity (Wildman–Crippen MR) is 167 cm³/mol. The molecule has 3 aliphatic rings. The Bertz CT molecular complexity index is 1300. The molecule has 3 aliphatic heterocycles.